The molecule has 0 fully saturated rings. The third kappa shape index (κ3) is 4.67. The van der Waals surface area contributed by atoms with Crippen molar-refractivity contribution in [3.8, 4) is 0 Å². The molecule has 8 nitrogen and oxygen atoms in total. The summed E-state index contributed by atoms with van der Waals surface area (Å²) >= 11 is 0. The van der Waals surface area contributed by atoms with Crippen LogP contribution in [-0.2, 0) is 38.6 Å². The molecule has 2 N–H and O–H groups in total. The van der Waals surface area contributed by atoms with Gasteiger partial charge in [-0.1, -0.05) is 17.7 Å². The van der Waals surface area contributed by atoms with E-state index in [-0.39, 0.29) is 34.1 Å². The number of carbonyl (C=O) groups excluding carboxylic acids is 2. The first kappa shape index (κ1) is 28.8. The first-order valence-electron chi connectivity index (χ1n) is 10.3. The highest BCUT2D eigenvalue weighted by Crippen LogP contribution is 2.37. The largest absolute Gasteiger partial charge is 0.467 e. The minimum absolute atomic E-state index is 0.00354. The van der Waals surface area contributed by atoms with Gasteiger partial charge in [-0.3, -0.25) is 4.79 Å². The van der Waals surface area contributed by atoms with E-state index in [1.807, 2.05) is 0 Å². The number of ether oxygens (including phenoxy) is 2. The van der Waals surface area contributed by atoms with Gasteiger partial charge in [-0.25, -0.2) is 4.79 Å². The van der Waals surface area contributed by atoms with E-state index in [0.29, 0.717) is 0 Å². The molecule has 0 saturated carbocycles. The molecule has 1 heterocycles. The molecule has 0 saturated heterocycles. The van der Waals surface area contributed by atoms with Gasteiger partial charge in [0.05, 0.1) is 32.4 Å². The average molecular weight is 496 g/mol. The highest BCUT2D eigenvalue weighted by molar-refractivity contribution is 7.90. The van der Waals surface area contributed by atoms with Gasteiger partial charge in [0.25, 0.3) is 0 Å². The van der Waals surface area contributed by atoms with Crippen LogP contribution in [0.1, 0.15) is 28.4 Å². The van der Waals surface area contributed by atoms with Gasteiger partial charge in [-0.05, 0) is 24.6 Å². The lowest BCUT2D eigenvalue weighted by atomic mass is 9.53. The molecule has 1 atom stereocenters. The number of hydrogen-bond acceptors (Lipinski definition) is 8. The van der Waals surface area contributed by atoms with Gasteiger partial charge in [0.2, 0.25) is 17.4 Å². The van der Waals surface area contributed by atoms with Gasteiger partial charge in [0, 0.05) is 0 Å². The molecule has 1 aliphatic rings. The topological polar surface area (TPSA) is 122 Å². The molecule has 17 heteroatoms. The van der Waals surface area contributed by atoms with Crippen LogP contribution >= 0.6 is 0 Å². The van der Waals surface area contributed by atoms with Gasteiger partial charge in [0.15, 0.2) is 5.50 Å². The normalized spacial score (nSPS) is 17.9. The maximum atomic E-state index is 13.2. The predicted molar refractivity (Wildman–Crippen MR) is 144 cm³/mol. The fourth-order valence-corrected chi connectivity index (χ4v) is 4.44. The zero-order valence-corrected chi connectivity index (χ0v) is 20.3. The van der Waals surface area contributed by atoms with Gasteiger partial charge >= 0.3 is 16.1 Å². The maximum Gasteiger partial charge on any atom is 0.338 e. The molecular weight excluding hydrogens is 485 g/mol. The molecule has 1 unspecified atom stereocenters. The van der Waals surface area contributed by atoms with Crippen LogP contribution in [0.4, 0.5) is 0 Å². The summed E-state index contributed by atoms with van der Waals surface area (Å²) in [5.74, 6) is -3.63. The van der Waals surface area contributed by atoms with Crippen molar-refractivity contribution in [2.75, 3.05) is 6.61 Å². The van der Waals surface area contributed by atoms with E-state index in [0.717, 1.165) is 0 Å². The first-order valence-corrected chi connectivity index (χ1v) is 11.8. The van der Waals surface area contributed by atoms with E-state index in [9.17, 15) is 18.0 Å². The molecule has 16 radical (unpaired) electrons. The van der Waals surface area contributed by atoms with Crippen molar-refractivity contribution in [1.29, 1.82) is 0 Å². The SMILES string of the molecule is [B]c1c([B])c([B])c(C([B])([B])S(=O)(=O)OC2=C(N)OC([B])(c3ccc(C(=O)OCC)cc3)C2=O)c([B])c1[B]. The van der Waals surface area contributed by atoms with Crippen molar-refractivity contribution < 1.29 is 31.7 Å². The number of rotatable bonds is 7. The Balaban J connectivity index is 1.97. The lowest BCUT2D eigenvalue weighted by Gasteiger charge is -2.33. The van der Waals surface area contributed by atoms with E-state index in [1.54, 1.807) is 6.92 Å². The fraction of sp³-hybridized carbons (Fsp3) is 0.200. The molecular formula is C20H11B8NO7S. The van der Waals surface area contributed by atoms with E-state index >= 15 is 0 Å². The lowest BCUT2D eigenvalue weighted by molar-refractivity contribution is -0.126. The first-order chi connectivity index (χ1) is 17.0. The minimum Gasteiger partial charge on any atom is -0.467 e. The summed E-state index contributed by atoms with van der Waals surface area (Å²) in [6, 6.07) is 5.20. The van der Waals surface area contributed by atoms with Crippen LogP contribution in [0.5, 0.6) is 0 Å². The van der Waals surface area contributed by atoms with Crippen molar-refractivity contribution in [1.82, 2.24) is 0 Å². The summed E-state index contributed by atoms with van der Waals surface area (Å²) in [6.45, 7) is 1.78. The van der Waals surface area contributed by atoms with Gasteiger partial charge in [-0.15, -0.1) is 27.3 Å². The molecule has 168 valence electrons. The molecule has 2 aromatic carbocycles. The second-order valence-corrected chi connectivity index (χ2v) is 9.68. The Morgan fingerprint density at radius 3 is 1.97 bits per heavy atom. The molecule has 0 aromatic heterocycles. The summed E-state index contributed by atoms with van der Waals surface area (Å²) < 4.78 is 38.4. The Morgan fingerprint density at radius 1 is 1.00 bits per heavy atom. The van der Waals surface area contributed by atoms with Crippen LogP contribution in [-0.4, -0.2) is 89.5 Å². The number of hydrogen-bond donors (Lipinski definition) is 1. The zero-order valence-electron chi connectivity index (χ0n) is 19.5. The highest BCUT2D eigenvalue weighted by atomic mass is 32.2. The monoisotopic (exact) mass is 497 g/mol. The maximum absolute atomic E-state index is 13.2. The van der Waals surface area contributed by atoms with Gasteiger partial charge < -0.3 is 19.4 Å². The van der Waals surface area contributed by atoms with Gasteiger partial charge in [0.1, 0.15) is 47.1 Å². The molecule has 1 aliphatic heterocycles. The standard InChI is InChI=1S/C20H11B8NO7S/c1-2-34-18(31)7-3-5-8(6-4-7)19(26)16(30)15(17(29)35-19)36-37(32,33)20(27,28)9-10(21)12(23)14(25)13(24)11(9)22/h3-6H,2,29H2,1H3. The van der Waals surface area contributed by atoms with Crippen LogP contribution in [0, 0.1) is 0 Å². The highest BCUT2D eigenvalue weighted by Gasteiger charge is 2.50. The Bertz CT molecular complexity index is 1410. The molecule has 3 rings (SSSR count). The van der Waals surface area contributed by atoms with Crippen LogP contribution in [0.15, 0.2) is 35.9 Å². The molecule has 2 aromatic rings. The molecule has 0 spiro atoms. The average Bonchev–Trinajstić information content (AvgIpc) is 3.05. The fourth-order valence-electron chi connectivity index (χ4n) is 3.46. The number of nitrogens with two attached hydrogens (primary N) is 1. The zero-order chi connectivity index (χ0) is 28.1. The van der Waals surface area contributed by atoms with E-state index in [1.165, 1.54) is 24.3 Å². The molecule has 0 bridgehead atoms. The number of ketones is 1. The van der Waals surface area contributed by atoms with Crippen molar-refractivity contribution in [2.45, 2.75) is 17.0 Å². The number of esters is 1. The minimum atomic E-state index is -5.22. The number of carbonyl (C=O) groups is 2. The van der Waals surface area contributed by atoms with Crippen molar-refractivity contribution >= 4 is 112 Å². The molecule has 0 aliphatic carbocycles. The second kappa shape index (κ2) is 9.82. The van der Waals surface area contributed by atoms with Crippen LogP contribution in [0.2, 0.25) is 0 Å². The molecule has 37 heavy (non-hydrogen) atoms. The summed E-state index contributed by atoms with van der Waals surface area (Å²) in [4.78, 5) is 25.0. The quantitative estimate of drug-likeness (QED) is 0.229. The van der Waals surface area contributed by atoms with Crippen molar-refractivity contribution in [2.24, 2.45) is 5.73 Å². The Kier molecular flexibility index (Phi) is 7.63. The Morgan fingerprint density at radius 2 is 1.49 bits per heavy atom. The van der Waals surface area contributed by atoms with Crippen molar-refractivity contribution in [3.63, 3.8) is 0 Å². The smallest absolute Gasteiger partial charge is 0.338 e. The third-order valence-corrected chi connectivity index (χ3v) is 6.98. The predicted octanol–water partition coefficient (Wildman–Crippen LogP) is -5.63. The Labute approximate surface area is 225 Å². The number of Topliss-reactive ketones (excluding diaryl/α,β-unsaturated/α-hetero) is 1. The molecule has 0 amide bonds. The van der Waals surface area contributed by atoms with Crippen LogP contribution in [0.3, 0.4) is 0 Å². The summed E-state index contributed by atoms with van der Waals surface area (Å²) in [5.41, 5.74) is 1.10. The van der Waals surface area contributed by atoms with E-state index in [2.05, 4.69) is 0 Å². The third-order valence-electron chi connectivity index (χ3n) is 5.56. The summed E-state index contributed by atoms with van der Waals surface area (Å²) in [7, 11) is 41.6. The van der Waals surface area contributed by atoms with Crippen molar-refractivity contribution in [3.05, 3.63) is 52.6 Å². The second-order valence-electron chi connectivity index (χ2n) is 7.93. The van der Waals surface area contributed by atoms with E-state index < -0.39 is 60.0 Å². The van der Waals surface area contributed by atoms with Crippen LogP contribution < -0.4 is 33.0 Å². The number of benzene rings is 2. The Hall–Kier alpha value is -2.81. The van der Waals surface area contributed by atoms with Crippen LogP contribution in [0.25, 0.3) is 0 Å². The summed E-state index contributed by atoms with van der Waals surface area (Å²) in [5, 5.41) is 0. The lowest BCUT2D eigenvalue weighted by Crippen LogP contribution is -2.60. The van der Waals surface area contributed by atoms with E-state index in [4.69, 9.17) is 82.2 Å². The van der Waals surface area contributed by atoms with Gasteiger partial charge in [-0.2, -0.15) is 8.42 Å². The summed E-state index contributed by atoms with van der Waals surface area (Å²) in [6.07, 6.45) is 0.